The highest BCUT2D eigenvalue weighted by atomic mass is 32.1. The largest absolute Gasteiger partial charge is 0.247 e. The van der Waals surface area contributed by atoms with Crippen molar-refractivity contribution < 1.29 is 0 Å². The molecule has 0 aromatic carbocycles. The van der Waals surface area contributed by atoms with Gasteiger partial charge in [0.2, 0.25) is 0 Å². The zero-order valence-electron chi connectivity index (χ0n) is 10.5. The Morgan fingerprint density at radius 2 is 0.875 bits per heavy atom. The van der Waals surface area contributed by atoms with Crippen LogP contribution < -0.4 is 0 Å². The topological polar surface area (TPSA) is 3.24 Å². The molecule has 2 heteroatoms. The van der Waals surface area contributed by atoms with Gasteiger partial charge in [0.25, 0.3) is 0 Å². The number of hydrogen-bond donors (Lipinski definition) is 1. The normalized spacial score (nSPS) is 26.6. The molecule has 0 saturated heterocycles. The van der Waals surface area contributed by atoms with E-state index in [9.17, 15) is 0 Å². The van der Waals surface area contributed by atoms with Crippen molar-refractivity contribution in [3.8, 4) is 0 Å². The van der Waals surface area contributed by atoms with E-state index in [1.165, 1.54) is 77.0 Å². The van der Waals surface area contributed by atoms with E-state index in [2.05, 4.69) is 4.31 Å². The van der Waals surface area contributed by atoms with E-state index in [0.717, 1.165) is 12.1 Å². The number of nitrogens with zero attached hydrogens (tertiary/aromatic N) is 1. The lowest BCUT2D eigenvalue weighted by molar-refractivity contribution is 0.235. The second kappa shape index (κ2) is 6.90. The lowest BCUT2D eigenvalue weighted by Crippen LogP contribution is -2.35. The third kappa shape index (κ3) is 3.66. The molecule has 2 aliphatic rings. The van der Waals surface area contributed by atoms with Gasteiger partial charge < -0.3 is 0 Å². The van der Waals surface area contributed by atoms with E-state index in [1.54, 1.807) is 0 Å². The predicted molar refractivity (Wildman–Crippen MR) is 73.8 cm³/mol. The summed E-state index contributed by atoms with van der Waals surface area (Å²) in [6.07, 6.45) is 17.0. The minimum atomic E-state index is 0.772. The van der Waals surface area contributed by atoms with Crippen molar-refractivity contribution in [3.63, 3.8) is 0 Å². The SMILES string of the molecule is SN(C1CCCCCC1)C1CCCCCC1. The van der Waals surface area contributed by atoms with Crippen LogP contribution in [0.3, 0.4) is 0 Å². The Hall–Kier alpha value is 0.310. The second-order valence-electron chi connectivity index (χ2n) is 5.67. The van der Waals surface area contributed by atoms with Crippen LogP contribution in [0.5, 0.6) is 0 Å². The summed E-state index contributed by atoms with van der Waals surface area (Å²) in [6, 6.07) is 1.54. The van der Waals surface area contributed by atoms with E-state index in [-0.39, 0.29) is 0 Å². The van der Waals surface area contributed by atoms with Crippen molar-refractivity contribution in [3.05, 3.63) is 0 Å². The quantitative estimate of drug-likeness (QED) is 0.547. The number of thiol groups is 1. The van der Waals surface area contributed by atoms with E-state index in [1.807, 2.05) is 0 Å². The second-order valence-corrected chi connectivity index (χ2v) is 6.13. The van der Waals surface area contributed by atoms with Gasteiger partial charge in [0.05, 0.1) is 0 Å². The van der Waals surface area contributed by atoms with Gasteiger partial charge in [0.1, 0.15) is 0 Å². The summed E-state index contributed by atoms with van der Waals surface area (Å²) in [4.78, 5) is 0. The molecule has 0 unspecified atom stereocenters. The van der Waals surface area contributed by atoms with Crippen molar-refractivity contribution in [1.82, 2.24) is 4.31 Å². The smallest absolute Gasteiger partial charge is 0.0203 e. The molecule has 16 heavy (non-hydrogen) atoms. The highest BCUT2D eigenvalue weighted by Crippen LogP contribution is 2.30. The predicted octanol–water partition coefficient (Wildman–Crippen LogP) is 4.58. The Labute approximate surface area is 107 Å². The third-order valence-corrected chi connectivity index (χ3v) is 5.05. The monoisotopic (exact) mass is 241 g/mol. The summed E-state index contributed by atoms with van der Waals surface area (Å²) in [6.45, 7) is 0. The maximum absolute atomic E-state index is 4.85. The first-order valence-electron chi connectivity index (χ1n) is 7.35. The van der Waals surface area contributed by atoms with Crippen LogP contribution in [-0.4, -0.2) is 16.4 Å². The van der Waals surface area contributed by atoms with Gasteiger partial charge >= 0.3 is 0 Å². The lowest BCUT2D eigenvalue weighted by Gasteiger charge is -2.33. The molecule has 0 aliphatic heterocycles. The fourth-order valence-electron chi connectivity index (χ4n) is 3.34. The Morgan fingerprint density at radius 1 is 0.562 bits per heavy atom. The van der Waals surface area contributed by atoms with Gasteiger partial charge in [-0.25, -0.2) is 4.31 Å². The molecule has 1 nitrogen and oxygen atoms in total. The molecule has 0 aromatic rings. The van der Waals surface area contributed by atoms with Crippen molar-refractivity contribution in [2.24, 2.45) is 0 Å². The molecule has 2 saturated carbocycles. The molecule has 0 bridgehead atoms. The molecular weight excluding hydrogens is 214 g/mol. The van der Waals surface area contributed by atoms with E-state index >= 15 is 0 Å². The fraction of sp³-hybridized carbons (Fsp3) is 1.00. The molecule has 0 amide bonds. The van der Waals surface area contributed by atoms with Crippen molar-refractivity contribution in [2.75, 3.05) is 0 Å². The van der Waals surface area contributed by atoms with E-state index in [4.69, 9.17) is 12.8 Å². The third-order valence-electron chi connectivity index (χ3n) is 4.40. The first-order chi connectivity index (χ1) is 7.88. The summed E-state index contributed by atoms with van der Waals surface area (Å²) < 4.78 is 2.46. The maximum Gasteiger partial charge on any atom is 0.0203 e. The highest BCUT2D eigenvalue weighted by Gasteiger charge is 2.25. The van der Waals surface area contributed by atoms with Crippen LogP contribution >= 0.6 is 12.8 Å². The molecule has 94 valence electrons. The average Bonchev–Trinajstić information content (AvgIpc) is 2.73. The molecule has 0 spiro atoms. The van der Waals surface area contributed by atoms with Crippen LogP contribution in [0.15, 0.2) is 0 Å². The standard InChI is InChI=1S/C14H27NS/c16-15(13-9-5-1-2-6-10-13)14-11-7-3-4-8-12-14/h13-14,16H,1-12H2. The molecule has 0 radical (unpaired) electrons. The van der Waals surface area contributed by atoms with Crippen LogP contribution in [0.1, 0.15) is 77.0 Å². The minimum absolute atomic E-state index is 0.772. The fourth-order valence-corrected chi connectivity index (χ4v) is 3.80. The zero-order chi connectivity index (χ0) is 11.2. The molecular formula is C14H27NS. The first kappa shape index (κ1) is 12.8. The summed E-state index contributed by atoms with van der Waals surface area (Å²) >= 11 is 4.85. The van der Waals surface area contributed by atoms with Gasteiger partial charge in [-0.1, -0.05) is 64.2 Å². The molecule has 0 atom stereocenters. The minimum Gasteiger partial charge on any atom is -0.247 e. The van der Waals surface area contributed by atoms with Gasteiger partial charge in [0.15, 0.2) is 0 Å². The molecule has 0 aromatic heterocycles. The summed E-state index contributed by atoms with van der Waals surface area (Å²) in [5.41, 5.74) is 0. The number of hydrogen-bond acceptors (Lipinski definition) is 2. The summed E-state index contributed by atoms with van der Waals surface area (Å²) in [5, 5.41) is 0. The van der Waals surface area contributed by atoms with Gasteiger partial charge in [0, 0.05) is 12.1 Å². The molecule has 0 N–H and O–H groups in total. The molecule has 2 rings (SSSR count). The van der Waals surface area contributed by atoms with Crippen LogP contribution in [0, 0.1) is 0 Å². The van der Waals surface area contributed by atoms with Crippen molar-refractivity contribution >= 4 is 12.8 Å². The van der Waals surface area contributed by atoms with Crippen LogP contribution in [0.4, 0.5) is 0 Å². The maximum atomic E-state index is 4.85. The highest BCUT2D eigenvalue weighted by molar-refractivity contribution is 7.77. The first-order valence-corrected chi connectivity index (χ1v) is 7.75. The van der Waals surface area contributed by atoms with Crippen LogP contribution in [0.25, 0.3) is 0 Å². The molecule has 2 fully saturated rings. The number of rotatable bonds is 2. The Bertz CT molecular complexity index is 159. The van der Waals surface area contributed by atoms with Crippen LogP contribution in [-0.2, 0) is 0 Å². The average molecular weight is 241 g/mol. The van der Waals surface area contributed by atoms with Gasteiger partial charge in [-0.05, 0) is 25.7 Å². The van der Waals surface area contributed by atoms with E-state index in [0.29, 0.717) is 0 Å². The summed E-state index contributed by atoms with van der Waals surface area (Å²) in [7, 11) is 0. The Morgan fingerprint density at radius 3 is 1.19 bits per heavy atom. The zero-order valence-corrected chi connectivity index (χ0v) is 11.4. The summed E-state index contributed by atoms with van der Waals surface area (Å²) in [5.74, 6) is 0. The van der Waals surface area contributed by atoms with Gasteiger partial charge in [-0.15, -0.1) is 0 Å². The molecule has 2 aliphatic carbocycles. The van der Waals surface area contributed by atoms with Gasteiger partial charge in [-0.3, -0.25) is 0 Å². The Balaban J connectivity index is 1.85. The van der Waals surface area contributed by atoms with E-state index < -0.39 is 0 Å². The van der Waals surface area contributed by atoms with Gasteiger partial charge in [-0.2, -0.15) is 0 Å². The van der Waals surface area contributed by atoms with Crippen molar-refractivity contribution in [2.45, 2.75) is 89.1 Å². The lowest BCUT2D eigenvalue weighted by atomic mass is 10.0. The Kier molecular flexibility index (Phi) is 5.51. The van der Waals surface area contributed by atoms with Crippen LogP contribution in [0.2, 0.25) is 0 Å². The molecule has 0 heterocycles. The van der Waals surface area contributed by atoms with Crippen molar-refractivity contribution in [1.29, 1.82) is 0 Å².